The fraction of sp³-hybridized carbons (Fsp3) is 0.455. The summed E-state index contributed by atoms with van der Waals surface area (Å²) in [6.45, 7) is 7.16. The molecule has 1 fully saturated rings. The molecule has 170 valence electrons. The average Bonchev–Trinajstić information content (AvgIpc) is 3.51. The highest BCUT2D eigenvalue weighted by molar-refractivity contribution is 8.00. The summed E-state index contributed by atoms with van der Waals surface area (Å²) in [7, 11) is 0. The number of thioether (sulfide) groups is 1. The Kier molecular flexibility index (Phi) is 6.90. The van der Waals surface area contributed by atoms with Crippen molar-refractivity contribution in [2.75, 3.05) is 11.9 Å². The first-order valence-electron chi connectivity index (χ1n) is 10.7. The molecule has 2 unspecified atom stereocenters. The number of benzene rings is 1. The van der Waals surface area contributed by atoms with Crippen molar-refractivity contribution in [2.45, 2.75) is 62.7 Å². The maximum atomic E-state index is 13.4. The Bertz CT molecular complexity index is 1060. The molecule has 2 aromatic heterocycles. The Labute approximate surface area is 190 Å². The second-order valence-electron chi connectivity index (χ2n) is 8.06. The number of hydrogen-bond donors (Lipinski definition) is 1. The van der Waals surface area contributed by atoms with E-state index in [1.165, 1.54) is 23.9 Å². The standard InChI is InChI=1S/C22H27FN6O2S/c1-14(2)29-19(10-11-24-29)25-21(30)15(3)32-22-27-26-20(16-6-8-17(23)9-7-16)28(22)13-18-5-4-12-31-18/h6-11,14-15,18H,4-5,12-13H2,1-3H3,(H,25,30). The zero-order valence-corrected chi connectivity index (χ0v) is 19.2. The summed E-state index contributed by atoms with van der Waals surface area (Å²) < 4.78 is 23.0. The van der Waals surface area contributed by atoms with Crippen LogP contribution in [0.4, 0.5) is 10.2 Å². The van der Waals surface area contributed by atoms with E-state index in [1.54, 1.807) is 29.1 Å². The number of carbonyl (C=O) groups is 1. The molecule has 1 aliphatic heterocycles. The van der Waals surface area contributed by atoms with Gasteiger partial charge in [-0.05, 0) is 57.9 Å². The van der Waals surface area contributed by atoms with Gasteiger partial charge in [0.25, 0.3) is 0 Å². The van der Waals surface area contributed by atoms with E-state index in [1.807, 2.05) is 25.3 Å². The predicted molar refractivity (Wildman–Crippen MR) is 121 cm³/mol. The van der Waals surface area contributed by atoms with Crippen LogP contribution in [-0.4, -0.2) is 48.4 Å². The molecule has 2 atom stereocenters. The van der Waals surface area contributed by atoms with Crippen molar-refractivity contribution in [3.8, 4) is 11.4 Å². The fourth-order valence-electron chi connectivity index (χ4n) is 3.61. The van der Waals surface area contributed by atoms with Gasteiger partial charge < -0.3 is 10.1 Å². The minimum atomic E-state index is -0.418. The van der Waals surface area contributed by atoms with E-state index in [4.69, 9.17) is 4.74 Å². The van der Waals surface area contributed by atoms with Crippen LogP contribution < -0.4 is 5.32 Å². The third-order valence-electron chi connectivity index (χ3n) is 5.29. The van der Waals surface area contributed by atoms with Gasteiger partial charge in [-0.1, -0.05) is 11.8 Å². The van der Waals surface area contributed by atoms with Crippen molar-refractivity contribution in [3.05, 3.63) is 42.3 Å². The van der Waals surface area contributed by atoms with Gasteiger partial charge in [-0.25, -0.2) is 9.07 Å². The van der Waals surface area contributed by atoms with Crippen LogP contribution in [0.5, 0.6) is 0 Å². The highest BCUT2D eigenvalue weighted by Crippen LogP contribution is 2.29. The highest BCUT2D eigenvalue weighted by Gasteiger charge is 2.25. The number of hydrogen-bond acceptors (Lipinski definition) is 6. The summed E-state index contributed by atoms with van der Waals surface area (Å²) in [5, 5.41) is 16.1. The summed E-state index contributed by atoms with van der Waals surface area (Å²) in [5.74, 6) is 0.839. The summed E-state index contributed by atoms with van der Waals surface area (Å²) in [5.41, 5.74) is 0.765. The molecule has 0 spiro atoms. The normalized spacial score (nSPS) is 17.1. The van der Waals surface area contributed by atoms with E-state index in [-0.39, 0.29) is 23.9 Å². The maximum Gasteiger partial charge on any atom is 0.238 e. The zero-order chi connectivity index (χ0) is 22.7. The second-order valence-corrected chi connectivity index (χ2v) is 9.37. The number of halogens is 1. The number of nitrogens with one attached hydrogen (secondary N) is 1. The third-order valence-corrected chi connectivity index (χ3v) is 6.37. The molecule has 0 saturated carbocycles. The van der Waals surface area contributed by atoms with Gasteiger partial charge in [-0.3, -0.25) is 9.36 Å². The van der Waals surface area contributed by atoms with E-state index < -0.39 is 5.25 Å². The van der Waals surface area contributed by atoms with Gasteiger partial charge in [0.05, 0.1) is 24.1 Å². The Morgan fingerprint density at radius 3 is 2.72 bits per heavy atom. The monoisotopic (exact) mass is 458 g/mol. The largest absolute Gasteiger partial charge is 0.376 e. The van der Waals surface area contributed by atoms with Gasteiger partial charge in [-0.15, -0.1) is 10.2 Å². The maximum absolute atomic E-state index is 13.4. The van der Waals surface area contributed by atoms with Crippen molar-refractivity contribution >= 4 is 23.5 Å². The van der Waals surface area contributed by atoms with Gasteiger partial charge in [0, 0.05) is 24.3 Å². The molecule has 1 aromatic carbocycles. The topological polar surface area (TPSA) is 86.9 Å². The Balaban J connectivity index is 1.54. The molecule has 1 amide bonds. The molecule has 1 N–H and O–H groups in total. The first kappa shape index (κ1) is 22.5. The van der Waals surface area contributed by atoms with E-state index >= 15 is 0 Å². The van der Waals surface area contributed by atoms with Crippen LogP contribution in [0.25, 0.3) is 11.4 Å². The van der Waals surface area contributed by atoms with E-state index in [9.17, 15) is 9.18 Å². The van der Waals surface area contributed by atoms with Crippen LogP contribution in [0.2, 0.25) is 0 Å². The smallest absolute Gasteiger partial charge is 0.238 e. The number of amides is 1. The molecular formula is C22H27FN6O2S. The molecule has 3 aromatic rings. The predicted octanol–water partition coefficient (Wildman–Crippen LogP) is 4.16. The third kappa shape index (κ3) is 5.02. The fourth-order valence-corrected chi connectivity index (χ4v) is 4.47. The quantitative estimate of drug-likeness (QED) is 0.510. The van der Waals surface area contributed by atoms with Gasteiger partial charge in [0.2, 0.25) is 5.91 Å². The van der Waals surface area contributed by atoms with Crippen molar-refractivity contribution < 1.29 is 13.9 Å². The highest BCUT2D eigenvalue weighted by atomic mass is 32.2. The van der Waals surface area contributed by atoms with E-state index in [0.717, 1.165) is 25.0 Å². The molecule has 4 rings (SSSR count). The molecule has 32 heavy (non-hydrogen) atoms. The molecule has 1 aliphatic rings. The molecule has 10 heteroatoms. The lowest BCUT2D eigenvalue weighted by atomic mass is 10.2. The summed E-state index contributed by atoms with van der Waals surface area (Å²) in [4.78, 5) is 12.9. The number of nitrogens with zero attached hydrogens (tertiary/aromatic N) is 5. The Morgan fingerprint density at radius 2 is 2.03 bits per heavy atom. The Hall–Kier alpha value is -2.72. The SMILES string of the molecule is CC(Sc1nnc(-c2ccc(F)cc2)n1CC1CCCO1)C(=O)Nc1ccnn1C(C)C. The average molecular weight is 459 g/mol. The van der Waals surface area contributed by atoms with Crippen LogP contribution in [-0.2, 0) is 16.1 Å². The second kappa shape index (κ2) is 9.83. The van der Waals surface area contributed by atoms with Crippen LogP contribution in [0.3, 0.4) is 0 Å². The lowest BCUT2D eigenvalue weighted by molar-refractivity contribution is -0.115. The van der Waals surface area contributed by atoms with Crippen LogP contribution in [0, 0.1) is 5.82 Å². The summed E-state index contributed by atoms with van der Waals surface area (Å²) in [6, 6.07) is 8.09. The first-order valence-corrected chi connectivity index (χ1v) is 11.6. The first-order chi connectivity index (χ1) is 15.4. The van der Waals surface area contributed by atoms with Crippen LogP contribution >= 0.6 is 11.8 Å². The summed E-state index contributed by atoms with van der Waals surface area (Å²) >= 11 is 1.33. The van der Waals surface area contributed by atoms with Gasteiger partial charge >= 0.3 is 0 Å². The molecule has 0 bridgehead atoms. The van der Waals surface area contributed by atoms with Crippen molar-refractivity contribution in [1.82, 2.24) is 24.5 Å². The summed E-state index contributed by atoms with van der Waals surface area (Å²) in [6.07, 6.45) is 3.71. The Morgan fingerprint density at radius 1 is 1.25 bits per heavy atom. The molecule has 0 aliphatic carbocycles. The van der Waals surface area contributed by atoms with Gasteiger partial charge in [0.15, 0.2) is 11.0 Å². The van der Waals surface area contributed by atoms with Crippen molar-refractivity contribution in [1.29, 1.82) is 0 Å². The minimum absolute atomic E-state index is 0.0640. The van der Waals surface area contributed by atoms with E-state index in [2.05, 4.69) is 20.6 Å². The van der Waals surface area contributed by atoms with Crippen molar-refractivity contribution in [2.24, 2.45) is 0 Å². The lowest BCUT2D eigenvalue weighted by Crippen LogP contribution is -2.25. The number of anilines is 1. The number of carbonyl (C=O) groups excluding carboxylic acids is 1. The number of aromatic nitrogens is 5. The van der Waals surface area contributed by atoms with Crippen LogP contribution in [0.1, 0.15) is 39.7 Å². The molecule has 3 heterocycles. The van der Waals surface area contributed by atoms with Gasteiger partial charge in [-0.2, -0.15) is 5.10 Å². The number of rotatable bonds is 8. The van der Waals surface area contributed by atoms with Crippen molar-refractivity contribution in [3.63, 3.8) is 0 Å². The zero-order valence-electron chi connectivity index (χ0n) is 18.4. The van der Waals surface area contributed by atoms with Crippen LogP contribution in [0.15, 0.2) is 41.7 Å². The lowest BCUT2D eigenvalue weighted by Gasteiger charge is -2.17. The molecule has 0 radical (unpaired) electrons. The minimum Gasteiger partial charge on any atom is -0.376 e. The number of ether oxygens (including phenoxy) is 1. The van der Waals surface area contributed by atoms with Gasteiger partial charge in [0.1, 0.15) is 11.6 Å². The van der Waals surface area contributed by atoms with E-state index in [0.29, 0.717) is 23.3 Å². The molecule has 8 nitrogen and oxygen atoms in total. The molecule has 1 saturated heterocycles. The molecular weight excluding hydrogens is 431 g/mol.